The van der Waals surface area contributed by atoms with Crippen LogP contribution in [0, 0.1) is 6.92 Å². The van der Waals surface area contributed by atoms with Crippen LogP contribution in [0.5, 0.6) is 6.01 Å². The number of aromatic nitrogens is 2. The van der Waals surface area contributed by atoms with Crippen LogP contribution >= 0.6 is 11.6 Å². The van der Waals surface area contributed by atoms with E-state index in [1.54, 1.807) is 6.07 Å². The van der Waals surface area contributed by atoms with Gasteiger partial charge in [-0.2, -0.15) is 9.97 Å². The zero-order chi connectivity index (χ0) is 24.6. The van der Waals surface area contributed by atoms with E-state index in [4.69, 9.17) is 21.3 Å². The number of rotatable bonds is 9. The molecule has 1 unspecified atom stereocenters. The van der Waals surface area contributed by atoms with Gasteiger partial charge >= 0.3 is 6.01 Å². The van der Waals surface area contributed by atoms with E-state index < -0.39 is 0 Å². The van der Waals surface area contributed by atoms with E-state index in [0.717, 1.165) is 31.5 Å². The number of likely N-dealkylation sites (tertiary alicyclic amines) is 1. The van der Waals surface area contributed by atoms with Crippen LogP contribution in [-0.2, 0) is 6.42 Å². The summed E-state index contributed by atoms with van der Waals surface area (Å²) in [7, 11) is 0. The third-order valence-corrected chi connectivity index (χ3v) is 6.58. The largest absolute Gasteiger partial charge is 0.444 e. The zero-order valence-corrected chi connectivity index (χ0v) is 21.2. The van der Waals surface area contributed by atoms with Crippen molar-refractivity contribution in [3.63, 3.8) is 0 Å². The van der Waals surface area contributed by atoms with Gasteiger partial charge in [0, 0.05) is 30.2 Å². The summed E-state index contributed by atoms with van der Waals surface area (Å²) in [4.78, 5) is 24.8. The Labute approximate surface area is 212 Å². The van der Waals surface area contributed by atoms with Crippen LogP contribution in [-0.4, -0.2) is 46.6 Å². The van der Waals surface area contributed by atoms with Crippen LogP contribution in [0.25, 0.3) is 11.3 Å². The molecule has 1 saturated heterocycles. The molecule has 2 heterocycles. The van der Waals surface area contributed by atoms with Crippen LogP contribution in [0.2, 0.25) is 5.02 Å². The Morgan fingerprint density at radius 2 is 1.86 bits per heavy atom. The van der Waals surface area contributed by atoms with Gasteiger partial charge in [-0.25, -0.2) is 0 Å². The second-order valence-electron chi connectivity index (χ2n) is 8.98. The number of hydrogen-bond donors (Lipinski definition) is 1. The minimum Gasteiger partial charge on any atom is -0.444 e. The summed E-state index contributed by atoms with van der Waals surface area (Å²) in [5.74, 6) is -0.193. The van der Waals surface area contributed by atoms with Gasteiger partial charge in [-0.15, -0.1) is 0 Å². The normalized spacial score (nSPS) is 14.9. The molecular formula is C28H33ClN4O2. The molecule has 2 aromatic carbocycles. The van der Waals surface area contributed by atoms with Gasteiger partial charge in [-0.3, -0.25) is 9.69 Å². The standard InChI is InChI=1S/C28H33ClN4O2/c1-20-25(27(34)30-16-10-13-22-11-5-3-6-12-22)26(23-14-9-15-24(29)19-23)32-28(31-20)35-21(2)33-17-7-4-8-18-33/h3,5-6,9,11-12,14-15,19,21H,4,7-8,10,13,16-18H2,1-2H3,(H,30,34). The SMILES string of the molecule is Cc1nc(OC(C)N2CCCCC2)nc(-c2cccc(Cl)c2)c1C(=O)NCCCc1ccccc1. The number of hydrogen-bond acceptors (Lipinski definition) is 5. The molecule has 1 aliphatic heterocycles. The van der Waals surface area contributed by atoms with Gasteiger partial charge in [-0.1, -0.05) is 60.5 Å². The molecule has 0 bridgehead atoms. The Bertz CT molecular complexity index is 1130. The molecule has 3 aromatic rings. The molecule has 1 fully saturated rings. The highest BCUT2D eigenvalue weighted by atomic mass is 35.5. The number of aryl methyl sites for hydroxylation is 2. The van der Waals surface area contributed by atoms with Crippen LogP contribution in [0.3, 0.4) is 0 Å². The summed E-state index contributed by atoms with van der Waals surface area (Å²) in [6.45, 7) is 6.42. The fraction of sp³-hybridized carbons (Fsp3) is 0.393. The molecule has 0 spiro atoms. The van der Waals surface area contributed by atoms with Crippen LogP contribution < -0.4 is 10.1 Å². The highest BCUT2D eigenvalue weighted by molar-refractivity contribution is 6.30. The summed E-state index contributed by atoms with van der Waals surface area (Å²) < 4.78 is 6.15. The van der Waals surface area contributed by atoms with Gasteiger partial charge in [0.25, 0.3) is 5.91 Å². The zero-order valence-electron chi connectivity index (χ0n) is 20.5. The molecule has 7 heteroatoms. The summed E-state index contributed by atoms with van der Waals surface area (Å²) in [6, 6.07) is 17.9. The summed E-state index contributed by atoms with van der Waals surface area (Å²) in [6.07, 6.45) is 5.21. The lowest BCUT2D eigenvalue weighted by atomic mass is 10.0. The van der Waals surface area contributed by atoms with Crippen LogP contribution in [0.4, 0.5) is 0 Å². The van der Waals surface area contributed by atoms with Gasteiger partial charge in [0.2, 0.25) is 0 Å². The minimum absolute atomic E-state index is 0.139. The maximum Gasteiger partial charge on any atom is 0.318 e. The monoisotopic (exact) mass is 492 g/mol. The predicted octanol–water partition coefficient (Wildman–Crippen LogP) is 5.68. The Morgan fingerprint density at radius 1 is 1.09 bits per heavy atom. The molecule has 6 nitrogen and oxygen atoms in total. The van der Waals surface area contributed by atoms with Crippen molar-refractivity contribution in [3.8, 4) is 17.3 Å². The first-order chi connectivity index (χ1) is 17.0. The Hall–Kier alpha value is -2.96. The molecular weight excluding hydrogens is 460 g/mol. The van der Waals surface area contributed by atoms with Crippen molar-refractivity contribution >= 4 is 17.5 Å². The first-order valence-electron chi connectivity index (χ1n) is 12.4. The highest BCUT2D eigenvalue weighted by Crippen LogP contribution is 2.28. The molecule has 1 atom stereocenters. The fourth-order valence-corrected chi connectivity index (χ4v) is 4.64. The van der Waals surface area contributed by atoms with Crippen molar-refractivity contribution in [1.29, 1.82) is 0 Å². The maximum absolute atomic E-state index is 13.3. The molecule has 35 heavy (non-hydrogen) atoms. The topological polar surface area (TPSA) is 67.3 Å². The number of nitrogens with one attached hydrogen (secondary N) is 1. The third kappa shape index (κ3) is 6.80. The first kappa shape index (κ1) is 25.1. The van der Waals surface area contributed by atoms with E-state index in [1.165, 1.54) is 24.8 Å². The first-order valence-corrected chi connectivity index (χ1v) is 12.8. The summed E-state index contributed by atoms with van der Waals surface area (Å²) >= 11 is 6.27. The number of carbonyl (C=O) groups is 1. The molecule has 184 valence electrons. The van der Waals surface area contributed by atoms with E-state index in [1.807, 2.05) is 50.2 Å². The Kier molecular flexibility index (Phi) is 8.72. The van der Waals surface area contributed by atoms with Crippen LogP contribution in [0.15, 0.2) is 54.6 Å². The van der Waals surface area contributed by atoms with E-state index in [0.29, 0.717) is 28.5 Å². The van der Waals surface area contributed by atoms with Gasteiger partial charge in [-0.05, 0) is 57.2 Å². The maximum atomic E-state index is 13.3. The summed E-state index contributed by atoms with van der Waals surface area (Å²) in [5.41, 5.74) is 3.57. The number of amides is 1. The molecule has 0 aliphatic carbocycles. The third-order valence-electron chi connectivity index (χ3n) is 6.35. The number of nitrogens with zero attached hydrogens (tertiary/aromatic N) is 3. The average molecular weight is 493 g/mol. The summed E-state index contributed by atoms with van der Waals surface area (Å²) in [5, 5.41) is 3.63. The number of ether oxygens (including phenoxy) is 1. The molecule has 1 N–H and O–H groups in total. The fourth-order valence-electron chi connectivity index (χ4n) is 4.45. The average Bonchev–Trinajstić information content (AvgIpc) is 2.87. The molecule has 1 aliphatic rings. The van der Waals surface area contributed by atoms with Crippen molar-refractivity contribution in [2.24, 2.45) is 0 Å². The molecule has 1 amide bonds. The van der Waals surface area contributed by atoms with Gasteiger partial charge in [0.1, 0.15) is 0 Å². The van der Waals surface area contributed by atoms with Crippen LogP contribution in [0.1, 0.15) is 54.2 Å². The molecule has 1 aromatic heterocycles. The number of carbonyl (C=O) groups excluding carboxylic acids is 1. The lowest BCUT2D eigenvalue weighted by Gasteiger charge is -2.31. The van der Waals surface area contributed by atoms with E-state index >= 15 is 0 Å². The van der Waals surface area contributed by atoms with Crippen molar-refractivity contribution in [1.82, 2.24) is 20.2 Å². The van der Waals surface area contributed by atoms with Gasteiger partial charge in [0.05, 0.1) is 17.0 Å². The molecule has 4 rings (SSSR count). The quantitative estimate of drug-likeness (QED) is 0.389. The van der Waals surface area contributed by atoms with Gasteiger partial charge < -0.3 is 10.1 Å². The molecule has 0 saturated carbocycles. The predicted molar refractivity (Wildman–Crippen MR) is 140 cm³/mol. The number of benzene rings is 2. The van der Waals surface area contributed by atoms with Gasteiger partial charge in [0.15, 0.2) is 6.23 Å². The van der Waals surface area contributed by atoms with E-state index in [-0.39, 0.29) is 18.1 Å². The van der Waals surface area contributed by atoms with Crippen molar-refractivity contribution < 1.29 is 9.53 Å². The lowest BCUT2D eigenvalue weighted by molar-refractivity contribution is 0.0195. The Balaban J connectivity index is 1.53. The second-order valence-corrected chi connectivity index (χ2v) is 9.42. The van der Waals surface area contributed by atoms with Crippen molar-refractivity contribution in [2.45, 2.75) is 52.2 Å². The number of halogens is 1. The van der Waals surface area contributed by atoms with Crippen molar-refractivity contribution in [2.75, 3.05) is 19.6 Å². The molecule has 0 radical (unpaired) electrons. The van der Waals surface area contributed by atoms with E-state index in [2.05, 4.69) is 27.3 Å². The van der Waals surface area contributed by atoms with E-state index in [9.17, 15) is 4.79 Å². The van der Waals surface area contributed by atoms with Crippen molar-refractivity contribution in [3.05, 3.63) is 76.4 Å². The Morgan fingerprint density at radius 3 is 2.60 bits per heavy atom. The minimum atomic E-state index is -0.193. The lowest BCUT2D eigenvalue weighted by Crippen LogP contribution is -2.41. The highest BCUT2D eigenvalue weighted by Gasteiger charge is 2.23. The smallest absolute Gasteiger partial charge is 0.318 e. The second kappa shape index (κ2) is 12.1. The number of piperidine rings is 1.